The van der Waals surface area contributed by atoms with Crippen LogP contribution in [0.25, 0.3) is 0 Å². The van der Waals surface area contributed by atoms with E-state index in [9.17, 15) is 0 Å². The summed E-state index contributed by atoms with van der Waals surface area (Å²) in [5.41, 5.74) is 0. The Morgan fingerprint density at radius 1 is 1.07 bits per heavy atom. The van der Waals surface area contributed by atoms with E-state index in [0.29, 0.717) is 35.6 Å². The molecular formula is C10H12Cl2O3. The number of benzene rings is 1. The second kappa shape index (κ2) is 6.90. The number of aliphatic hydroxyl groups excluding tert-OH is 1. The first-order valence-corrected chi connectivity index (χ1v) is 5.26. The molecule has 84 valence electrons. The summed E-state index contributed by atoms with van der Waals surface area (Å²) in [7, 11) is 0. The average Bonchev–Trinajstić information content (AvgIpc) is 2.21. The van der Waals surface area contributed by atoms with Crippen LogP contribution < -0.4 is 4.74 Å². The Morgan fingerprint density at radius 3 is 2.33 bits per heavy atom. The van der Waals surface area contributed by atoms with Gasteiger partial charge in [0.25, 0.3) is 0 Å². The first-order chi connectivity index (χ1) is 7.25. The molecule has 0 saturated heterocycles. The quantitative estimate of drug-likeness (QED) is 0.789. The van der Waals surface area contributed by atoms with Crippen molar-refractivity contribution in [3.05, 3.63) is 28.2 Å². The topological polar surface area (TPSA) is 38.7 Å². The molecule has 0 saturated carbocycles. The maximum absolute atomic E-state index is 8.46. The maximum atomic E-state index is 8.46. The van der Waals surface area contributed by atoms with Crippen molar-refractivity contribution in [2.45, 2.75) is 0 Å². The van der Waals surface area contributed by atoms with Crippen molar-refractivity contribution in [1.29, 1.82) is 0 Å². The summed E-state index contributed by atoms with van der Waals surface area (Å²) >= 11 is 11.8. The third kappa shape index (κ3) is 4.26. The molecule has 0 bridgehead atoms. The van der Waals surface area contributed by atoms with Crippen molar-refractivity contribution in [3.8, 4) is 5.75 Å². The van der Waals surface area contributed by atoms with Crippen LogP contribution in [0.4, 0.5) is 0 Å². The Bertz CT molecular complexity index is 284. The second-order valence-electron chi connectivity index (χ2n) is 2.74. The number of hydrogen-bond donors (Lipinski definition) is 1. The molecule has 0 aliphatic rings. The molecule has 1 aromatic rings. The molecule has 0 atom stereocenters. The van der Waals surface area contributed by atoms with Gasteiger partial charge in [0, 0.05) is 0 Å². The van der Waals surface area contributed by atoms with Gasteiger partial charge in [-0.3, -0.25) is 0 Å². The Hall–Kier alpha value is -0.480. The third-order valence-corrected chi connectivity index (χ3v) is 2.22. The minimum Gasteiger partial charge on any atom is -0.488 e. The molecular weight excluding hydrogens is 239 g/mol. The SMILES string of the molecule is OCCOCCOc1c(Cl)cccc1Cl. The van der Waals surface area contributed by atoms with E-state index < -0.39 is 0 Å². The van der Waals surface area contributed by atoms with Crippen molar-refractivity contribution in [3.63, 3.8) is 0 Å². The van der Waals surface area contributed by atoms with E-state index in [4.69, 9.17) is 37.8 Å². The van der Waals surface area contributed by atoms with Gasteiger partial charge in [-0.05, 0) is 12.1 Å². The minimum atomic E-state index is 0.00679. The monoisotopic (exact) mass is 250 g/mol. The molecule has 0 unspecified atom stereocenters. The van der Waals surface area contributed by atoms with Crippen LogP contribution in [0.15, 0.2) is 18.2 Å². The third-order valence-electron chi connectivity index (χ3n) is 1.63. The van der Waals surface area contributed by atoms with E-state index in [1.54, 1.807) is 18.2 Å². The van der Waals surface area contributed by atoms with Crippen molar-refractivity contribution >= 4 is 23.2 Å². The highest BCUT2D eigenvalue weighted by Crippen LogP contribution is 2.32. The molecule has 0 fully saturated rings. The molecule has 0 aromatic heterocycles. The molecule has 0 aliphatic carbocycles. The summed E-state index contributed by atoms with van der Waals surface area (Å²) in [5.74, 6) is 0.466. The highest BCUT2D eigenvalue weighted by molar-refractivity contribution is 6.37. The summed E-state index contributed by atoms with van der Waals surface area (Å²) in [4.78, 5) is 0. The molecule has 3 nitrogen and oxygen atoms in total. The van der Waals surface area contributed by atoms with E-state index >= 15 is 0 Å². The number of ether oxygens (including phenoxy) is 2. The highest BCUT2D eigenvalue weighted by Gasteiger charge is 2.05. The molecule has 5 heteroatoms. The zero-order valence-corrected chi connectivity index (χ0v) is 9.59. The van der Waals surface area contributed by atoms with Crippen LogP contribution in [-0.4, -0.2) is 31.5 Å². The number of rotatable bonds is 6. The predicted molar refractivity (Wildman–Crippen MR) is 59.9 cm³/mol. The molecule has 0 spiro atoms. The van der Waals surface area contributed by atoms with E-state index in [0.717, 1.165) is 0 Å². The first kappa shape index (κ1) is 12.6. The van der Waals surface area contributed by atoms with Gasteiger partial charge in [0.1, 0.15) is 6.61 Å². The second-order valence-corrected chi connectivity index (χ2v) is 3.55. The van der Waals surface area contributed by atoms with Crippen LogP contribution in [0.3, 0.4) is 0 Å². The molecule has 0 aliphatic heterocycles. The van der Waals surface area contributed by atoms with Gasteiger partial charge in [-0.2, -0.15) is 0 Å². The van der Waals surface area contributed by atoms with E-state index in [-0.39, 0.29) is 6.61 Å². The Kier molecular flexibility index (Phi) is 5.79. The summed E-state index contributed by atoms with van der Waals surface area (Å²) in [6, 6.07) is 5.16. The minimum absolute atomic E-state index is 0.00679. The molecule has 1 rings (SSSR count). The van der Waals surface area contributed by atoms with Gasteiger partial charge in [0.2, 0.25) is 0 Å². The first-order valence-electron chi connectivity index (χ1n) is 4.51. The van der Waals surface area contributed by atoms with Crippen molar-refractivity contribution in [2.24, 2.45) is 0 Å². The summed E-state index contributed by atoms with van der Waals surface area (Å²) in [5, 5.41) is 9.42. The lowest BCUT2D eigenvalue weighted by Crippen LogP contribution is -2.09. The van der Waals surface area contributed by atoms with Gasteiger partial charge in [0.15, 0.2) is 5.75 Å². The molecule has 1 N–H and O–H groups in total. The number of aliphatic hydroxyl groups is 1. The van der Waals surface area contributed by atoms with Crippen LogP contribution in [0, 0.1) is 0 Å². The molecule has 0 radical (unpaired) electrons. The van der Waals surface area contributed by atoms with Gasteiger partial charge >= 0.3 is 0 Å². The smallest absolute Gasteiger partial charge is 0.156 e. The van der Waals surface area contributed by atoms with Gasteiger partial charge < -0.3 is 14.6 Å². The Morgan fingerprint density at radius 2 is 1.73 bits per heavy atom. The van der Waals surface area contributed by atoms with Crippen molar-refractivity contribution < 1.29 is 14.6 Å². The van der Waals surface area contributed by atoms with Crippen molar-refractivity contribution in [1.82, 2.24) is 0 Å². The Labute approximate surface area is 98.5 Å². The number of hydrogen-bond acceptors (Lipinski definition) is 3. The van der Waals surface area contributed by atoms with E-state index in [1.165, 1.54) is 0 Å². The number of halogens is 2. The Balaban J connectivity index is 2.37. The van der Waals surface area contributed by atoms with Crippen LogP contribution >= 0.6 is 23.2 Å². The fraction of sp³-hybridized carbons (Fsp3) is 0.400. The lowest BCUT2D eigenvalue weighted by molar-refractivity contribution is 0.0705. The van der Waals surface area contributed by atoms with Crippen molar-refractivity contribution in [2.75, 3.05) is 26.4 Å². The van der Waals surface area contributed by atoms with Gasteiger partial charge in [0.05, 0.1) is 29.9 Å². The van der Waals surface area contributed by atoms with Crippen LogP contribution in [-0.2, 0) is 4.74 Å². The summed E-state index contributed by atoms with van der Waals surface area (Å²) < 4.78 is 10.4. The predicted octanol–water partition coefficient (Wildman–Crippen LogP) is 2.38. The van der Waals surface area contributed by atoms with Crippen LogP contribution in [0.1, 0.15) is 0 Å². The van der Waals surface area contributed by atoms with Gasteiger partial charge in [-0.15, -0.1) is 0 Å². The molecule has 1 aromatic carbocycles. The zero-order chi connectivity index (χ0) is 11.1. The molecule has 0 amide bonds. The van der Waals surface area contributed by atoms with Gasteiger partial charge in [-0.1, -0.05) is 29.3 Å². The standard InChI is InChI=1S/C10H12Cl2O3/c11-8-2-1-3-9(12)10(8)15-7-6-14-5-4-13/h1-3,13H,4-7H2. The van der Waals surface area contributed by atoms with E-state index in [2.05, 4.69) is 0 Å². The summed E-state index contributed by atoms with van der Waals surface area (Å²) in [6.07, 6.45) is 0. The van der Waals surface area contributed by atoms with Gasteiger partial charge in [-0.25, -0.2) is 0 Å². The summed E-state index contributed by atoms with van der Waals surface area (Å²) in [6.45, 7) is 1.05. The zero-order valence-electron chi connectivity index (χ0n) is 8.08. The number of para-hydroxylation sites is 1. The van der Waals surface area contributed by atoms with Crippen LogP contribution in [0.5, 0.6) is 5.75 Å². The lowest BCUT2D eigenvalue weighted by Gasteiger charge is -2.09. The molecule has 15 heavy (non-hydrogen) atoms. The fourth-order valence-electron chi connectivity index (χ4n) is 0.990. The normalized spacial score (nSPS) is 10.3. The van der Waals surface area contributed by atoms with Crippen LogP contribution in [0.2, 0.25) is 10.0 Å². The average molecular weight is 251 g/mol. The fourth-order valence-corrected chi connectivity index (χ4v) is 1.50. The molecule has 0 heterocycles. The van der Waals surface area contributed by atoms with E-state index in [1.807, 2.05) is 0 Å². The largest absolute Gasteiger partial charge is 0.488 e. The maximum Gasteiger partial charge on any atom is 0.156 e. The lowest BCUT2D eigenvalue weighted by atomic mass is 10.3. The highest BCUT2D eigenvalue weighted by atomic mass is 35.5.